The number of aromatic hydroxyl groups is 1. The minimum atomic E-state index is 0.0314. The molecule has 3 rings (SSSR count). The largest absolute Gasteiger partial charge is 0.504 e. The first-order chi connectivity index (χ1) is 9.56. The molecule has 0 unspecified atom stereocenters. The maximum atomic E-state index is 11.8. The van der Waals surface area contributed by atoms with Crippen molar-refractivity contribution in [3.8, 4) is 11.5 Å². The fourth-order valence-corrected chi connectivity index (χ4v) is 3.91. The lowest BCUT2D eigenvalue weighted by atomic mass is 9.66. The van der Waals surface area contributed by atoms with Crippen LogP contribution in [0.2, 0.25) is 0 Å². The highest BCUT2D eigenvalue weighted by Crippen LogP contribution is 2.48. The minimum Gasteiger partial charge on any atom is -0.504 e. The molecule has 1 aromatic rings. The van der Waals surface area contributed by atoms with Gasteiger partial charge in [0.2, 0.25) is 0 Å². The van der Waals surface area contributed by atoms with Gasteiger partial charge in [-0.15, -0.1) is 0 Å². The average molecular weight is 275 g/mol. The number of hydrogen-bond donors (Lipinski definition) is 1. The first-order valence-electron chi connectivity index (χ1n) is 7.16. The molecule has 1 heterocycles. The first-order valence-corrected chi connectivity index (χ1v) is 7.16. The lowest BCUT2D eigenvalue weighted by Gasteiger charge is -2.41. The summed E-state index contributed by atoms with van der Waals surface area (Å²) in [5.74, 6) is 1.05. The number of rotatable bonds is 2. The molecule has 0 spiro atoms. The molecule has 1 N–H and O–H groups in total. The number of ketones is 1. The van der Waals surface area contributed by atoms with Crippen LogP contribution in [0, 0.1) is 0 Å². The van der Waals surface area contributed by atoms with E-state index in [4.69, 9.17) is 4.74 Å². The highest BCUT2D eigenvalue weighted by Gasteiger charge is 2.50. The third-order valence-electron chi connectivity index (χ3n) is 5.11. The molecule has 2 fully saturated rings. The van der Waals surface area contributed by atoms with E-state index in [1.165, 1.54) is 5.56 Å². The second-order valence-corrected chi connectivity index (χ2v) is 6.03. The molecule has 4 heteroatoms. The number of hydrogen-bond acceptors (Lipinski definition) is 4. The molecule has 0 amide bonds. The number of phenols is 1. The van der Waals surface area contributed by atoms with E-state index in [9.17, 15) is 9.90 Å². The predicted octanol–water partition coefficient (Wildman–Crippen LogP) is 2.10. The summed E-state index contributed by atoms with van der Waals surface area (Å²) in [6.45, 7) is 1.02. The van der Waals surface area contributed by atoms with E-state index < -0.39 is 0 Å². The second kappa shape index (κ2) is 4.77. The van der Waals surface area contributed by atoms with Crippen molar-refractivity contribution in [1.82, 2.24) is 4.90 Å². The van der Waals surface area contributed by atoms with Crippen LogP contribution in [0.1, 0.15) is 31.2 Å². The molecule has 20 heavy (non-hydrogen) atoms. The molecule has 0 bridgehead atoms. The lowest BCUT2D eigenvalue weighted by molar-refractivity contribution is -0.122. The molecular weight excluding hydrogens is 254 g/mol. The Balaban J connectivity index is 2.04. The number of methoxy groups -OCH3 is 1. The molecule has 0 aromatic heterocycles. The number of likely N-dealkylation sites (N-methyl/N-ethyl adjacent to an activating group) is 1. The number of fused-ring (bicyclic) bond motifs is 1. The first kappa shape index (κ1) is 13.4. The van der Waals surface area contributed by atoms with E-state index in [0.717, 1.165) is 19.4 Å². The Kier molecular flexibility index (Phi) is 3.21. The molecule has 108 valence electrons. The normalized spacial score (nSPS) is 30.3. The van der Waals surface area contributed by atoms with Crippen LogP contribution in [0.15, 0.2) is 18.2 Å². The van der Waals surface area contributed by atoms with Crippen molar-refractivity contribution >= 4 is 5.78 Å². The van der Waals surface area contributed by atoms with Crippen molar-refractivity contribution in [2.45, 2.75) is 37.1 Å². The summed E-state index contributed by atoms with van der Waals surface area (Å²) in [6.07, 6.45) is 3.26. The number of carbonyl (C=O) groups is 1. The summed E-state index contributed by atoms with van der Waals surface area (Å²) in [5, 5.41) is 9.78. The van der Waals surface area contributed by atoms with E-state index in [1.54, 1.807) is 13.2 Å². The molecule has 4 nitrogen and oxygen atoms in total. The molecular formula is C16H21NO3. The van der Waals surface area contributed by atoms with Crippen LogP contribution in [0.4, 0.5) is 0 Å². The number of likely N-dealkylation sites (tertiary alicyclic amines) is 1. The summed E-state index contributed by atoms with van der Waals surface area (Å²) in [4.78, 5) is 14.1. The second-order valence-electron chi connectivity index (χ2n) is 6.03. The van der Waals surface area contributed by atoms with Crippen LogP contribution in [0.25, 0.3) is 0 Å². The van der Waals surface area contributed by atoms with Gasteiger partial charge in [0.15, 0.2) is 11.5 Å². The van der Waals surface area contributed by atoms with E-state index >= 15 is 0 Å². The van der Waals surface area contributed by atoms with Gasteiger partial charge >= 0.3 is 0 Å². The van der Waals surface area contributed by atoms with Gasteiger partial charge in [-0.2, -0.15) is 0 Å². The van der Waals surface area contributed by atoms with Gasteiger partial charge in [0, 0.05) is 24.3 Å². The fourth-order valence-electron chi connectivity index (χ4n) is 3.91. The fraction of sp³-hybridized carbons (Fsp3) is 0.562. The van der Waals surface area contributed by atoms with Crippen molar-refractivity contribution in [1.29, 1.82) is 0 Å². The zero-order valence-corrected chi connectivity index (χ0v) is 12.1. The Labute approximate surface area is 119 Å². The van der Waals surface area contributed by atoms with Gasteiger partial charge in [0.1, 0.15) is 5.78 Å². The quantitative estimate of drug-likeness (QED) is 0.898. The van der Waals surface area contributed by atoms with Crippen LogP contribution in [0.3, 0.4) is 0 Å². The molecule has 1 aliphatic carbocycles. The maximum absolute atomic E-state index is 11.8. The smallest absolute Gasteiger partial charge is 0.160 e. The summed E-state index contributed by atoms with van der Waals surface area (Å²) >= 11 is 0. The lowest BCUT2D eigenvalue weighted by Crippen LogP contribution is -2.46. The topological polar surface area (TPSA) is 49.8 Å². The molecule has 0 radical (unpaired) electrons. The highest BCUT2D eigenvalue weighted by atomic mass is 16.5. The van der Waals surface area contributed by atoms with Crippen molar-refractivity contribution in [3.05, 3.63) is 23.8 Å². The highest BCUT2D eigenvalue weighted by molar-refractivity contribution is 5.81. The summed E-state index contributed by atoms with van der Waals surface area (Å²) < 4.78 is 5.24. The van der Waals surface area contributed by atoms with Gasteiger partial charge in [0.25, 0.3) is 0 Å². The number of benzene rings is 1. The van der Waals surface area contributed by atoms with Crippen LogP contribution in [0.5, 0.6) is 11.5 Å². The third-order valence-corrected chi connectivity index (χ3v) is 5.11. The Morgan fingerprint density at radius 3 is 2.95 bits per heavy atom. The Morgan fingerprint density at radius 2 is 2.20 bits per heavy atom. The van der Waals surface area contributed by atoms with E-state index in [-0.39, 0.29) is 17.2 Å². The van der Waals surface area contributed by atoms with Crippen molar-refractivity contribution in [2.24, 2.45) is 0 Å². The van der Waals surface area contributed by atoms with Crippen molar-refractivity contribution in [2.75, 3.05) is 20.7 Å². The average Bonchev–Trinajstić information content (AvgIpc) is 2.78. The van der Waals surface area contributed by atoms with Crippen LogP contribution in [-0.2, 0) is 10.2 Å². The molecule has 1 saturated carbocycles. The number of ether oxygens (including phenoxy) is 1. The monoisotopic (exact) mass is 275 g/mol. The summed E-state index contributed by atoms with van der Waals surface area (Å²) in [7, 11) is 3.67. The number of nitrogens with zero attached hydrogens (tertiary/aromatic N) is 1. The zero-order chi connectivity index (χ0) is 14.3. The number of phenolic OH excluding ortho intramolecular Hbond substituents is 1. The van der Waals surface area contributed by atoms with E-state index in [1.807, 2.05) is 12.1 Å². The SMILES string of the molecule is COc1cc([C@@]23CCC(=O)C[C@@H]2N(C)CC3)ccc1O. The van der Waals surface area contributed by atoms with E-state index in [0.29, 0.717) is 24.4 Å². The minimum absolute atomic E-state index is 0.0314. The van der Waals surface area contributed by atoms with Crippen LogP contribution < -0.4 is 4.74 Å². The third kappa shape index (κ3) is 1.90. The van der Waals surface area contributed by atoms with Crippen molar-refractivity contribution < 1.29 is 14.6 Å². The van der Waals surface area contributed by atoms with Gasteiger partial charge in [0.05, 0.1) is 7.11 Å². The van der Waals surface area contributed by atoms with Crippen LogP contribution in [-0.4, -0.2) is 42.5 Å². The van der Waals surface area contributed by atoms with Gasteiger partial charge in [-0.3, -0.25) is 4.79 Å². The van der Waals surface area contributed by atoms with E-state index in [2.05, 4.69) is 11.9 Å². The van der Waals surface area contributed by atoms with Crippen molar-refractivity contribution in [3.63, 3.8) is 0 Å². The summed E-state index contributed by atoms with van der Waals surface area (Å²) in [5.41, 5.74) is 1.22. The Morgan fingerprint density at radius 1 is 1.40 bits per heavy atom. The molecule has 1 aromatic carbocycles. The Hall–Kier alpha value is -1.55. The zero-order valence-electron chi connectivity index (χ0n) is 12.1. The number of Topliss-reactive ketones (excluding diaryl/α,β-unsaturated/α-hetero) is 1. The van der Waals surface area contributed by atoms with Gasteiger partial charge in [-0.05, 0) is 44.1 Å². The maximum Gasteiger partial charge on any atom is 0.160 e. The Bertz CT molecular complexity index is 543. The predicted molar refractivity (Wildman–Crippen MR) is 76.2 cm³/mol. The summed E-state index contributed by atoms with van der Waals surface area (Å²) in [6, 6.07) is 5.91. The molecule has 2 aliphatic rings. The van der Waals surface area contributed by atoms with Gasteiger partial charge < -0.3 is 14.7 Å². The van der Waals surface area contributed by atoms with Gasteiger partial charge in [-0.1, -0.05) is 6.07 Å². The molecule has 1 aliphatic heterocycles. The molecule has 2 atom stereocenters. The number of carbonyl (C=O) groups excluding carboxylic acids is 1. The molecule has 1 saturated heterocycles. The van der Waals surface area contributed by atoms with Crippen LogP contribution >= 0.6 is 0 Å². The standard InChI is InChI=1S/C16H21NO3/c1-17-8-7-16(6-5-12(18)10-15(16)17)11-3-4-13(19)14(9-11)20-2/h3-4,9,15,19H,5-8,10H2,1-2H3/t15-,16-/m0/s1. The van der Waals surface area contributed by atoms with Gasteiger partial charge in [-0.25, -0.2) is 0 Å².